The van der Waals surface area contributed by atoms with Gasteiger partial charge in [0.15, 0.2) is 0 Å². The molecule has 6 heteroatoms. The number of carbonyl (C=O) groups is 1. The fourth-order valence-electron chi connectivity index (χ4n) is 2.31. The van der Waals surface area contributed by atoms with Gasteiger partial charge in [0.05, 0.1) is 0 Å². The standard InChI is InChI=1S/C14H16N4OS/c1-11-10-12(16-20-11)14(19)18-8-6-17(7-9-18)13-4-2-3-5-15-13/h2-5,10H,6-9H2,1H3. The lowest BCUT2D eigenvalue weighted by atomic mass is 10.2. The Morgan fingerprint density at radius 3 is 2.65 bits per heavy atom. The fourth-order valence-corrected chi connectivity index (χ4v) is 2.85. The number of hydrogen-bond donors (Lipinski definition) is 0. The van der Waals surface area contributed by atoms with Gasteiger partial charge in [0.1, 0.15) is 11.5 Å². The first kappa shape index (κ1) is 13.1. The molecule has 1 amide bonds. The Bertz CT molecular complexity index is 590. The highest BCUT2D eigenvalue weighted by Crippen LogP contribution is 2.15. The number of aromatic nitrogens is 2. The van der Waals surface area contributed by atoms with E-state index < -0.39 is 0 Å². The molecule has 1 aliphatic heterocycles. The molecule has 1 fully saturated rings. The number of pyridine rings is 1. The van der Waals surface area contributed by atoms with Gasteiger partial charge in [-0.15, -0.1) is 0 Å². The summed E-state index contributed by atoms with van der Waals surface area (Å²) in [6.45, 7) is 5.02. The lowest BCUT2D eigenvalue weighted by Crippen LogP contribution is -2.49. The largest absolute Gasteiger partial charge is 0.353 e. The van der Waals surface area contributed by atoms with Crippen molar-refractivity contribution in [2.24, 2.45) is 0 Å². The van der Waals surface area contributed by atoms with Gasteiger partial charge in [-0.05, 0) is 36.7 Å². The molecule has 5 nitrogen and oxygen atoms in total. The van der Waals surface area contributed by atoms with Gasteiger partial charge in [-0.3, -0.25) is 4.79 Å². The lowest BCUT2D eigenvalue weighted by Gasteiger charge is -2.35. The number of amides is 1. The quantitative estimate of drug-likeness (QED) is 0.845. The van der Waals surface area contributed by atoms with Crippen LogP contribution in [0, 0.1) is 6.92 Å². The molecule has 0 spiro atoms. The highest BCUT2D eigenvalue weighted by atomic mass is 32.1. The number of carbonyl (C=O) groups excluding carboxylic acids is 1. The Morgan fingerprint density at radius 2 is 2.05 bits per heavy atom. The van der Waals surface area contributed by atoms with Crippen molar-refractivity contribution in [1.82, 2.24) is 14.3 Å². The molecule has 20 heavy (non-hydrogen) atoms. The number of aryl methyl sites for hydroxylation is 1. The molecule has 2 aromatic heterocycles. The maximum atomic E-state index is 12.3. The summed E-state index contributed by atoms with van der Waals surface area (Å²) >= 11 is 1.38. The van der Waals surface area contributed by atoms with Gasteiger partial charge in [0, 0.05) is 37.3 Å². The zero-order valence-electron chi connectivity index (χ0n) is 11.3. The van der Waals surface area contributed by atoms with E-state index in [4.69, 9.17) is 0 Å². The van der Waals surface area contributed by atoms with E-state index in [0.29, 0.717) is 18.8 Å². The predicted octanol–water partition coefficient (Wildman–Crippen LogP) is 1.81. The van der Waals surface area contributed by atoms with Gasteiger partial charge in [-0.1, -0.05) is 6.07 Å². The Kier molecular flexibility index (Phi) is 3.64. The number of anilines is 1. The maximum absolute atomic E-state index is 12.3. The summed E-state index contributed by atoms with van der Waals surface area (Å²) in [7, 11) is 0. The van der Waals surface area contributed by atoms with E-state index in [2.05, 4.69) is 14.3 Å². The van der Waals surface area contributed by atoms with E-state index in [1.165, 1.54) is 11.5 Å². The van der Waals surface area contributed by atoms with E-state index in [0.717, 1.165) is 23.8 Å². The molecular weight excluding hydrogens is 272 g/mol. The monoisotopic (exact) mass is 288 g/mol. The minimum atomic E-state index is 0.0371. The third-order valence-corrected chi connectivity index (χ3v) is 4.08. The smallest absolute Gasteiger partial charge is 0.273 e. The summed E-state index contributed by atoms with van der Waals surface area (Å²) in [5, 5.41) is 0. The first-order valence-corrected chi connectivity index (χ1v) is 7.40. The minimum absolute atomic E-state index is 0.0371. The van der Waals surface area contributed by atoms with Crippen LogP contribution in [0.1, 0.15) is 15.4 Å². The van der Waals surface area contributed by atoms with Crippen LogP contribution in [-0.4, -0.2) is 46.3 Å². The Hall–Kier alpha value is -1.95. The lowest BCUT2D eigenvalue weighted by molar-refractivity contribution is 0.0742. The number of rotatable bonds is 2. The molecule has 3 rings (SSSR count). The van der Waals surface area contributed by atoms with Crippen molar-refractivity contribution < 1.29 is 4.79 Å². The summed E-state index contributed by atoms with van der Waals surface area (Å²) in [6, 6.07) is 7.76. The molecule has 0 bridgehead atoms. The van der Waals surface area contributed by atoms with E-state index in [1.54, 1.807) is 6.20 Å². The molecular formula is C14H16N4OS. The van der Waals surface area contributed by atoms with Crippen molar-refractivity contribution in [1.29, 1.82) is 0 Å². The Balaban J connectivity index is 1.63. The van der Waals surface area contributed by atoms with E-state index in [9.17, 15) is 4.79 Å². The molecule has 0 aliphatic carbocycles. The van der Waals surface area contributed by atoms with Crippen molar-refractivity contribution in [3.8, 4) is 0 Å². The number of nitrogens with zero attached hydrogens (tertiary/aromatic N) is 4. The molecule has 0 aromatic carbocycles. The molecule has 1 aliphatic rings. The highest BCUT2D eigenvalue weighted by Gasteiger charge is 2.24. The zero-order valence-corrected chi connectivity index (χ0v) is 12.1. The van der Waals surface area contributed by atoms with Crippen LogP contribution < -0.4 is 4.90 Å². The van der Waals surface area contributed by atoms with Crippen LogP contribution in [0.3, 0.4) is 0 Å². The predicted molar refractivity (Wildman–Crippen MR) is 79.2 cm³/mol. The molecule has 3 heterocycles. The second-order valence-corrected chi connectivity index (χ2v) is 5.80. The topological polar surface area (TPSA) is 49.3 Å². The minimum Gasteiger partial charge on any atom is -0.353 e. The second-order valence-electron chi connectivity index (χ2n) is 4.79. The first-order valence-electron chi connectivity index (χ1n) is 6.62. The molecule has 0 radical (unpaired) electrons. The van der Waals surface area contributed by atoms with Gasteiger partial charge in [0.25, 0.3) is 5.91 Å². The van der Waals surface area contributed by atoms with E-state index in [-0.39, 0.29) is 5.91 Å². The zero-order chi connectivity index (χ0) is 13.9. The molecule has 0 unspecified atom stereocenters. The van der Waals surface area contributed by atoms with Crippen LogP contribution >= 0.6 is 11.5 Å². The normalized spacial score (nSPS) is 15.4. The van der Waals surface area contributed by atoms with E-state index in [1.807, 2.05) is 36.1 Å². The van der Waals surface area contributed by atoms with Crippen LogP contribution in [0.4, 0.5) is 5.82 Å². The molecule has 104 valence electrons. The van der Waals surface area contributed by atoms with Gasteiger partial charge in [-0.2, -0.15) is 4.37 Å². The maximum Gasteiger partial charge on any atom is 0.273 e. The van der Waals surface area contributed by atoms with Gasteiger partial charge in [0.2, 0.25) is 0 Å². The van der Waals surface area contributed by atoms with Crippen LogP contribution in [0.5, 0.6) is 0 Å². The number of piperazine rings is 1. The summed E-state index contributed by atoms with van der Waals surface area (Å²) in [4.78, 5) is 21.8. The first-order chi connectivity index (χ1) is 9.74. The molecule has 1 saturated heterocycles. The van der Waals surface area contributed by atoms with Crippen molar-refractivity contribution in [2.45, 2.75) is 6.92 Å². The van der Waals surface area contributed by atoms with Crippen molar-refractivity contribution >= 4 is 23.3 Å². The molecule has 0 atom stereocenters. The summed E-state index contributed by atoms with van der Waals surface area (Å²) in [5.74, 6) is 1.01. The van der Waals surface area contributed by atoms with Crippen molar-refractivity contribution in [3.63, 3.8) is 0 Å². The van der Waals surface area contributed by atoms with Gasteiger partial charge >= 0.3 is 0 Å². The average molecular weight is 288 g/mol. The summed E-state index contributed by atoms with van der Waals surface area (Å²) in [6.07, 6.45) is 1.80. The number of hydrogen-bond acceptors (Lipinski definition) is 5. The Morgan fingerprint density at radius 1 is 1.25 bits per heavy atom. The average Bonchev–Trinajstić information content (AvgIpc) is 2.94. The van der Waals surface area contributed by atoms with Crippen LogP contribution in [0.25, 0.3) is 0 Å². The summed E-state index contributed by atoms with van der Waals surface area (Å²) in [5.41, 5.74) is 0.568. The van der Waals surface area contributed by atoms with Crippen LogP contribution in [0.2, 0.25) is 0 Å². The molecule has 2 aromatic rings. The van der Waals surface area contributed by atoms with Gasteiger partial charge in [-0.25, -0.2) is 4.98 Å². The van der Waals surface area contributed by atoms with Crippen LogP contribution in [0.15, 0.2) is 30.5 Å². The van der Waals surface area contributed by atoms with Crippen molar-refractivity contribution in [2.75, 3.05) is 31.1 Å². The second kappa shape index (κ2) is 5.58. The van der Waals surface area contributed by atoms with Gasteiger partial charge < -0.3 is 9.80 Å². The Labute approximate surface area is 122 Å². The van der Waals surface area contributed by atoms with Crippen molar-refractivity contribution in [3.05, 3.63) is 41.0 Å². The highest BCUT2D eigenvalue weighted by molar-refractivity contribution is 7.05. The summed E-state index contributed by atoms with van der Waals surface area (Å²) < 4.78 is 4.19. The van der Waals surface area contributed by atoms with Crippen LogP contribution in [-0.2, 0) is 0 Å². The van der Waals surface area contributed by atoms with E-state index >= 15 is 0 Å². The third kappa shape index (κ3) is 2.65. The molecule has 0 N–H and O–H groups in total. The fraction of sp³-hybridized carbons (Fsp3) is 0.357. The third-order valence-electron chi connectivity index (χ3n) is 3.39. The SMILES string of the molecule is Cc1cc(C(=O)N2CCN(c3ccccn3)CC2)ns1. The molecule has 0 saturated carbocycles.